The average Bonchev–Trinajstić information content (AvgIpc) is 2.74. The molecule has 0 aromatic heterocycles. The molecule has 7 heteroatoms. The number of benzene rings is 3. The molecule has 2 N–H and O–H groups in total. The Kier molecular flexibility index (Phi) is 5.69. The maximum absolute atomic E-state index is 13.4. The van der Waals surface area contributed by atoms with E-state index in [0.717, 1.165) is 29.6 Å². The number of rotatable bonds is 5. The molecule has 4 rings (SSSR count). The van der Waals surface area contributed by atoms with E-state index in [9.17, 15) is 13.2 Å². The van der Waals surface area contributed by atoms with Crippen molar-refractivity contribution >= 4 is 33.0 Å². The number of fused-ring (bicyclic) bond motifs is 1. The number of amides is 1. The molecule has 0 radical (unpaired) electrons. The largest absolute Gasteiger partial charge is 0.378 e. The Labute approximate surface area is 183 Å². The van der Waals surface area contributed by atoms with Crippen LogP contribution in [0, 0.1) is 0 Å². The van der Waals surface area contributed by atoms with Gasteiger partial charge >= 0.3 is 0 Å². The summed E-state index contributed by atoms with van der Waals surface area (Å²) in [5, 5.41) is 3.59. The molecule has 1 aliphatic heterocycles. The molecule has 0 bridgehead atoms. The van der Waals surface area contributed by atoms with Crippen molar-refractivity contribution in [3.05, 3.63) is 90.0 Å². The van der Waals surface area contributed by atoms with E-state index in [1.54, 1.807) is 24.3 Å². The molecule has 160 valence electrons. The molecular weight excluding hydrogens is 410 g/mol. The van der Waals surface area contributed by atoms with Gasteiger partial charge in [0.15, 0.2) is 0 Å². The van der Waals surface area contributed by atoms with E-state index < -0.39 is 10.0 Å². The molecule has 3 aromatic rings. The Morgan fingerprint density at radius 1 is 0.903 bits per heavy atom. The Bertz CT molecular complexity index is 1180. The fourth-order valence-electron chi connectivity index (χ4n) is 4.03. The summed E-state index contributed by atoms with van der Waals surface area (Å²) in [4.78, 5) is 15.2. The molecule has 0 unspecified atom stereocenters. The van der Waals surface area contributed by atoms with Crippen LogP contribution in [-0.2, 0) is 10.0 Å². The van der Waals surface area contributed by atoms with Gasteiger partial charge in [0.1, 0.15) is 0 Å². The fourth-order valence-corrected chi connectivity index (χ4v) is 4.59. The predicted molar refractivity (Wildman–Crippen MR) is 125 cm³/mol. The van der Waals surface area contributed by atoms with Crippen LogP contribution in [0.2, 0.25) is 0 Å². The minimum absolute atomic E-state index is 0.0163. The van der Waals surface area contributed by atoms with Crippen molar-refractivity contribution in [2.45, 2.75) is 25.4 Å². The third-order valence-corrected chi connectivity index (χ3v) is 5.96. The zero-order valence-electron chi connectivity index (χ0n) is 17.4. The lowest BCUT2D eigenvalue weighted by atomic mass is 9.90. The third-order valence-electron chi connectivity index (χ3n) is 5.36. The summed E-state index contributed by atoms with van der Waals surface area (Å²) in [6, 6.07) is 24.6. The number of anilines is 3. The lowest BCUT2D eigenvalue weighted by Crippen LogP contribution is -2.44. The standard InChI is InChI=1S/C24H25N3O3S/c1-17-16-22(25-19-8-4-3-5-9-19)21-10-6-7-11-23(21)27(17)24(28)18-12-14-20(15-13-18)26-31(2,29)30/h3-15,17,22,25-26H,16H2,1-2H3/t17-,22+/m0/s1. The minimum atomic E-state index is -3.36. The second kappa shape index (κ2) is 8.43. The quantitative estimate of drug-likeness (QED) is 0.611. The van der Waals surface area contributed by atoms with Gasteiger partial charge in [0.05, 0.1) is 12.3 Å². The number of carbonyl (C=O) groups is 1. The van der Waals surface area contributed by atoms with Crippen LogP contribution in [0.3, 0.4) is 0 Å². The molecular formula is C24H25N3O3S. The molecule has 0 saturated heterocycles. The summed E-state index contributed by atoms with van der Waals surface area (Å²) < 4.78 is 25.3. The van der Waals surface area contributed by atoms with Gasteiger partial charge in [-0.25, -0.2) is 8.42 Å². The lowest BCUT2D eigenvalue weighted by molar-refractivity contribution is 0.0974. The van der Waals surface area contributed by atoms with Gasteiger partial charge in [-0.3, -0.25) is 9.52 Å². The van der Waals surface area contributed by atoms with Crippen molar-refractivity contribution < 1.29 is 13.2 Å². The molecule has 3 aromatic carbocycles. The SMILES string of the molecule is C[C@H]1C[C@@H](Nc2ccccc2)c2ccccc2N1C(=O)c1ccc(NS(C)(=O)=O)cc1. The first-order chi connectivity index (χ1) is 14.8. The minimum Gasteiger partial charge on any atom is -0.378 e. The Morgan fingerprint density at radius 3 is 2.23 bits per heavy atom. The summed E-state index contributed by atoms with van der Waals surface area (Å²) in [5.74, 6) is -0.107. The first kappa shape index (κ1) is 20.9. The molecule has 0 spiro atoms. The molecule has 1 amide bonds. The summed E-state index contributed by atoms with van der Waals surface area (Å²) >= 11 is 0. The van der Waals surface area contributed by atoms with Gasteiger partial charge in [-0.2, -0.15) is 0 Å². The van der Waals surface area contributed by atoms with Crippen LogP contribution in [0.1, 0.15) is 35.3 Å². The van der Waals surface area contributed by atoms with Crippen LogP contribution >= 0.6 is 0 Å². The second-order valence-corrected chi connectivity index (χ2v) is 9.58. The van der Waals surface area contributed by atoms with E-state index in [0.29, 0.717) is 11.3 Å². The summed E-state index contributed by atoms with van der Waals surface area (Å²) in [6.45, 7) is 2.05. The highest BCUT2D eigenvalue weighted by Crippen LogP contribution is 2.39. The monoisotopic (exact) mass is 435 g/mol. The number of hydrogen-bond acceptors (Lipinski definition) is 4. The molecule has 0 fully saturated rings. The highest BCUT2D eigenvalue weighted by atomic mass is 32.2. The van der Waals surface area contributed by atoms with E-state index in [2.05, 4.69) is 16.1 Å². The van der Waals surface area contributed by atoms with Gasteiger partial charge in [-0.1, -0.05) is 36.4 Å². The van der Waals surface area contributed by atoms with Crippen molar-refractivity contribution in [3.63, 3.8) is 0 Å². The topological polar surface area (TPSA) is 78.5 Å². The Morgan fingerprint density at radius 2 is 1.55 bits per heavy atom. The summed E-state index contributed by atoms with van der Waals surface area (Å²) in [7, 11) is -3.36. The molecule has 2 atom stereocenters. The smallest absolute Gasteiger partial charge is 0.258 e. The van der Waals surface area contributed by atoms with Crippen LogP contribution < -0.4 is 14.9 Å². The van der Waals surface area contributed by atoms with E-state index in [4.69, 9.17) is 0 Å². The molecule has 0 saturated carbocycles. The zero-order chi connectivity index (χ0) is 22.0. The van der Waals surface area contributed by atoms with Crippen LogP contribution in [0.25, 0.3) is 0 Å². The number of nitrogens with one attached hydrogen (secondary N) is 2. The second-order valence-electron chi connectivity index (χ2n) is 7.83. The molecule has 0 aliphatic carbocycles. The third kappa shape index (κ3) is 4.72. The molecule has 1 heterocycles. The van der Waals surface area contributed by atoms with E-state index in [1.165, 1.54) is 0 Å². The fraction of sp³-hybridized carbons (Fsp3) is 0.208. The van der Waals surface area contributed by atoms with Gasteiger partial charge in [0.2, 0.25) is 10.0 Å². The number of para-hydroxylation sites is 2. The normalized spacial score (nSPS) is 18.2. The maximum Gasteiger partial charge on any atom is 0.258 e. The number of hydrogen-bond donors (Lipinski definition) is 2. The average molecular weight is 436 g/mol. The van der Waals surface area contributed by atoms with Crippen LogP contribution in [0.4, 0.5) is 17.1 Å². The lowest BCUT2D eigenvalue weighted by Gasteiger charge is -2.40. The van der Waals surface area contributed by atoms with Crippen molar-refractivity contribution in [2.75, 3.05) is 21.2 Å². The van der Waals surface area contributed by atoms with E-state index in [1.807, 2.05) is 60.4 Å². The van der Waals surface area contributed by atoms with Crippen molar-refractivity contribution in [1.29, 1.82) is 0 Å². The summed E-state index contributed by atoms with van der Waals surface area (Å²) in [5.41, 5.74) is 3.95. The Hall–Kier alpha value is -3.32. The number of nitrogens with zero attached hydrogens (tertiary/aromatic N) is 1. The summed E-state index contributed by atoms with van der Waals surface area (Å²) in [6.07, 6.45) is 1.86. The number of carbonyl (C=O) groups excluding carboxylic acids is 1. The first-order valence-electron chi connectivity index (χ1n) is 10.1. The Balaban J connectivity index is 1.62. The molecule has 6 nitrogen and oxygen atoms in total. The predicted octanol–water partition coefficient (Wildman–Crippen LogP) is 4.65. The van der Waals surface area contributed by atoms with Crippen molar-refractivity contribution in [3.8, 4) is 0 Å². The van der Waals surface area contributed by atoms with Gasteiger partial charge in [0.25, 0.3) is 5.91 Å². The van der Waals surface area contributed by atoms with Gasteiger partial charge in [-0.05, 0) is 61.4 Å². The number of sulfonamides is 1. The van der Waals surface area contributed by atoms with Crippen molar-refractivity contribution in [1.82, 2.24) is 0 Å². The van der Waals surface area contributed by atoms with Crippen LogP contribution in [0.5, 0.6) is 0 Å². The van der Waals surface area contributed by atoms with E-state index in [-0.39, 0.29) is 18.0 Å². The molecule has 1 aliphatic rings. The highest BCUT2D eigenvalue weighted by molar-refractivity contribution is 7.92. The first-order valence-corrected chi connectivity index (χ1v) is 12.0. The highest BCUT2D eigenvalue weighted by Gasteiger charge is 2.34. The van der Waals surface area contributed by atoms with Crippen LogP contribution in [-0.4, -0.2) is 26.6 Å². The molecule has 31 heavy (non-hydrogen) atoms. The zero-order valence-corrected chi connectivity index (χ0v) is 18.3. The maximum atomic E-state index is 13.4. The van der Waals surface area contributed by atoms with Gasteiger partial charge in [0, 0.05) is 28.7 Å². The van der Waals surface area contributed by atoms with Crippen LogP contribution in [0.15, 0.2) is 78.9 Å². The van der Waals surface area contributed by atoms with Gasteiger partial charge in [-0.15, -0.1) is 0 Å². The van der Waals surface area contributed by atoms with Crippen molar-refractivity contribution in [2.24, 2.45) is 0 Å². The van der Waals surface area contributed by atoms with E-state index >= 15 is 0 Å². The van der Waals surface area contributed by atoms with Gasteiger partial charge < -0.3 is 10.2 Å².